The molecule has 1 unspecified atom stereocenters. The summed E-state index contributed by atoms with van der Waals surface area (Å²) in [5, 5.41) is 4.55. The van der Waals surface area contributed by atoms with Crippen molar-refractivity contribution in [3.8, 4) is 0 Å². The summed E-state index contributed by atoms with van der Waals surface area (Å²) in [4.78, 5) is 4.50. The molecule has 0 saturated heterocycles. The third-order valence-electron chi connectivity index (χ3n) is 5.19. The second kappa shape index (κ2) is 8.30. The van der Waals surface area contributed by atoms with Gasteiger partial charge in [0.05, 0.1) is 0 Å². The molecule has 0 aliphatic rings. The lowest BCUT2D eigenvalue weighted by molar-refractivity contribution is 0.593. The first kappa shape index (κ1) is 19.0. The molecule has 1 heterocycles. The van der Waals surface area contributed by atoms with Gasteiger partial charge in [-0.3, -0.25) is 4.68 Å². The number of rotatable bonds is 7. The molecule has 4 nitrogen and oxygen atoms in total. The van der Waals surface area contributed by atoms with Crippen LogP contribution in [-0.4, -0.2) is 37.0 Å². The van der Waals surface area contributed by atoms with Crippen molar-refractivity contribution in [2.45, 2.75) is 26.8 Å². The van der Waals surface area contributed by atoms with Crippen molar-refractivity contribution in [2.24, 2.45) is 0 Å². The SMILES string of the molecule is CCN(CC)c1ccc(C(c2ccc(N(C)C)cc2)n2cccn2)c(C)c1. The van der Waals surface area contributed by atoms with E-state index in [1.54, 1.807) is 0 Å². The Bertz CT molecular complexity index is 847. The molecule has 0 aliphatic carbocycles. The maximum Gasteiger partial charge on any atom is 0.102 e. The van der Waals surface area contributed by atoms with Crippen LogP contribution >= 0.6 is 0 Å². The molecular formula is C23H30N4. The summed E-state index contributed by atoms with van der Waals surface area (Å²) < 4.78 is 2.05. The quantitative estimate of drug-likeness (QED) is 0.607. The van der Waals surface area contributed by atoms with E-state index in [9.17, 15) is 0 Å². The van der Waals surface area contributed by atoms with Gasteiger partial charge in [-0.05, 0) is 67.8 Å². The highest BCUT2D eigenvalue weighted by Crippen LogP contribution is 2.31. The molecule has 0 spiro atoms. The molecule has 0 N–H and O–H groups in total. The highest BCUT2D eigenvalue weighted by Gasteiger charge is 2.19. The fraction of sp³-hybridized carbons (Fsp3) is 0.348. The van der Waals surface area contributed by atoms with Gasteiger partial charge in [0.15, 0.2) is 0 Å². The van der Waals surface area contributed by atoms with Crippen LogP contribution in [0.1, 0.15) is 36.6 Å². The van der Waals surface area contributed by atoms with Crippen molar-refractivity contribution in [1.29, 1.82) is 0 Å². The number of nitrogens with zero attached hydrogens (tertiary/aromatic N) is 4. The van der Waals surface area contributed by atoms with Gasteiger partial charge in [0.1, 0.15) is 6.04 Å². The molecule has 0 fully saturated rings. The van der Waals surface area contributed by atoms with Crippen LogP contribution in [0.5, 0.6) is 0 Å². The Labute approximate surface area is 163 Å². The molecule has 1 atom stereocenters. The van der Waals surface area contributed by atoms with Gasteiger partial charge in [-0.1, -0.05) is 18.2 Å². The molecule has 3 rings (SSSR count). The Balaban J connectivity index is 2.04. The zero-order valence-electron chi connectivity index (χ0n) is 17.1. The summed E-state index contributed by atoms with van der Waals surface area (Å²) in [7, 11) is 4.13. The summed E-state index contributed by atoms with van der Waals surface area (Å²) in [5.74, 6) is 0. The Hall–Kier alpha value is -2.75. The van der Waals surface area contributed by atoms with Crippen LogP contribution in [0.4, 0.5) is 11.4 Å². The predicted octanol–water partition coefficient (Wildman–Crippen LogP) is 4.74. The standard InChI is InChI=1S/C23H30N4/c1-6-26(7-2)21-13-14-22(18(3)17-21)23(27-16-8-15-24-27)19-9-11-20(12-10-19)25(4)5/h8-17,23H,6-7H2,1-5H3. The van der Waals surface area contributed by atoms with Crippen LogP contribution in [0.2, 0.25) is 0 Å². The summed E-state index contributed by atoms with van der Waals surface area (Å²) in [6.07, 6.45) is 3.89. The molecule has 4 heteroatoms. The van der Waals surface area contributed by atoms with Crippen LogP contribution in [0.15, 0.2) is 60.9 Å². The average molecular weight is 363 g/mol. The molecule has 27 heavy (non-hydrogen) atoms. The van der Waals surface area contributed by atoms with Gasteiger partial charge in [-0.2, -0.15) is 5.10 Å². The third kappa shape index (κ3) is 4.00. The largest absolute Gasteiger partial charge is 0.378 e. The van der Waals surface area contributed by atoms with E-state index in [1.807, 2.05) is 23.1 Å². The monoisotopic (exact) mass is 362 g/mol. The van der Waals surface area contributed by atoms with Crippen LogP contribution in [0.3, 0.4) is 0 Å². The number of benzene rings is 2. The third-order valence-corrected chi connectivity index (χ3v) is 5.19. The van der Waals surface area contributed by atoms with Gasteiger partial charge in [0.2, 0.25) is 0 Å². The lowest BCUT2D eigenvalue weighted by Gasteiger charge is -2.25. The van der Waals surface area contributed by atoms with E-state index in [2.05, 4.69) is 92.2 Å². The molecule has 0 aliphatic heterocycles. The van der Waals surface area contributed by atoms with Gasteiger partial charge in [0.25, 0.3) is 0 Å². The first-order chi connectivity index (χ1) is 13.0. The maximum atomic E-state index is 4.55. The van der Waals surface area contributed by atoms with Crippen LogP contribution in [-0.2, 0) is 0 Å². The van der Waals surface area contributed by atoms with Crippen LogP contribution in [0, 0.1) is 6.92 Å². The van der Waals surface area contributed by atoms with E-state index >= 15 is 0 Å². The van der Waals surface area contributed by atoms with E-state index in [1.165, 1.54) is 28.1 Å². The number of hydrogen-bond donors (Lipinski definition) is 0. The summed E-state index contributed by atoms with van der Waals surface area (Å²) >= 11 is 0. The number of aryl methyl sites for hydroxylation is 1. The fourth-order valence-corrected chi connectivity index (χ4v) is 3.62. The number of aromatic nitrogens is 2. The summed E-state index contributed by atoms with van der Waals surface area (Å²) in [5.41, 5.74) is 6.29. The first-order valence-electron chi connectivity index (χ1n) is 9.67. The van der Waals surface area contributed by atoms with Crippen molar-refractivity contribution in [1.82, 2.24) is 9.78 Å². The second-order valence-corrected chi connectivity index (χ2v) is 7.09. The van der Waals surface area contributed by atoms with Gasteiger partial charge < -0.3 is 9.80 Å². The van der Waals surface area contributed by atoms with Crippen molar-refractivity contribution >= 4 is 11.4 Å². The Morgan fingerprint density at radius 1 is 0.963 bits per heavy atom. The molecule has 3 aromatic rings. The van der Waals surface area contributed by atoms with E-state index in [0.29, 0.717) is 0 Å². The Morgan fingerprint density at radius 3 is 2.15 bits per heavy atom. The molecule has 0 bridgehead atoms. The minimum atomic E-state index is 0.0713. The molecule has 0 saturated carbocycles. The molecule has 1 aromatic heterocycles. The predicted molar refractivity (Wildman–Crippen MR) is 115 cm³/mol. The van der Waals surface area contributed by atoms with Crippen molar-refractivity contribution in [3.05, 3.63) is 77.6 Å². The fourth-order valence-electron chi connectivity index (χ4n) is 3.62. The highest BCUT2D eigenvalue weighted by molar-refractivity contribution is 5.54. The lowest BCUT2D eigenvalue weighted by Crippen LogP contribution is -2.22. The van der Waals surface area contributed by atoms with E-state index < -0.39 is 0 Å². The normalized spacial score (nSPS) is 12.0. The van der Waals surface area contributed by atoms with Crippen molar-refractivity contribution in [3.63, 3.8) is 0 Å². The van der Waals surface area contributed by atoms with E-state index in [0.717, 1.165) is 13.1 Å². The zero-order valence-corrected chi connectivity index (χ0v) is 17.1. The number of anilines is 2. The van der Waals surface area contributed by atoms with Gasteiger partial charge in [-0.15, -0.1) is 0 Å². The molecular weight excluding hydrogens is 332 g/mol. The van der Waals surface area contributed by atoms with Gasteiger partial charge in [-0.25, -0.2) is 0 Å². The van der Waals surface area contributed by atoms with Gasteiger partial charge in [0, 0.05) is 51.0 Å². The molecule has 0 radical (unpaired) electrons. The summed E-state index contributed by atoms with van der Waals surface area (Å²) in [6.45, 7) is 8.64. The van der Waals surface area contributed by atoms with Crippen molar-refractivity contribution in [2.75, 3.05) is 37.0 Å². The smallest absolute Gasteiger partial charge is 0.102 e. The average Bonchev–Trinajstić information content (AvgIpc) is 3.19. The minimum absolute atomic E-state index is 0.0713. The lowest BCUT2D eigenvalue weighted by atomic mass is 9.94. The van der Waals surface area contributed by atoms with Crippen molar-refractivity contribution < 1.29 is 0 Å². The molecule has 142 valence electrons. The van der Waals surface area contributed by atoms with Crippen LogP contribution in [0.25, 0.3) is 0 Å². The number of hydrogen-bond acceptors (Lipinski definition) is 3. The topological polar surface area (TPSA) is 24.3 Å². The summed E-state index contributed by atoms with van der Waals surface area (Å²) in [6, 6.07) is 17.6. The van der Waals surface area contributed by atoms with Crippen LogP contribution < -0.4 is 9.80 Å². The Kier molecular flexibility index (Phi) is 5.84. The van der Waals surface area contributed by atoms with E-state index in [-0.39, 0.29) is 6.04 Å². The molecule has 2 aromatic carbocycles. The molecule has 0 amide bonds. The van der Waals surface area contributed by atoms with Gasteiger partial charge >= 0.3 is 0 Å². The van der Waals surface area contributed by atoms with E-state index in [4.69, 9.17) is 0 Å². The Morgan fingerprint density at radius 2 is 1.63 bits per heavy atom. The maximum absolute atomic E-state index is 4.55. The first-order valence-corrected chi connectivity index (χ1v) is 9.67. The second-order valence-electron chi connectivity index (χ2n) is 7.09. The highest BCUT2D eigenvalue weighted by atomic mass is 15.3. The minimum Gasteiger partial charge on any atom is -0.378 e. The zero-order chi connectivity index (χ0) is 19.4.